The summed E-state index contributed by atoms with van der Waals surface area (Å²) < 4.78 is 14.3. The molecule has 0 aromatic heterocycles. The van der Waals surface area contributed by atoms with E-state index in [-0.39, 0.29) is 0 Å². The maximum absolute atomic E-state index is 13.5. The first-order valence-corrected chi connectivity index (χ1v) is 6.12. The Bertz CT molecular complexity index is 626. The zero-order valence-corrected chi connectivity index (χ0v) is 11.2. The fourth-order valence-electron chi connectivity index (χ4n) is 1.57. The topological polar surface area (TPSA) is 75.3 Å². The third-order valence-electron chi connectivity index (χ3n) is 2.48. The molecule has 4 N–H and O–H groups in total. The van der Waals surface area contributed by atoms with Gasteiger partial charge in [0.25, 0.3) is 5.91 Å². The number of aromatic hydroxyl groups is 1. The van der Waals surface area contributed by atoms with Gasteiger partial charge < -0.3 is 16.2 Å². The van der Waals surface area contributed by atoms with Crippen LogP contribution in [0, 0.1) is 5.82 Å². The summed E-state index contributed by atoms with van der Waals surface area (Å²) in [6.45, 7) is 0. The summed E-state index contributed by atoms with van der Waals surface area (Å²) in [6, 6.07) is 8.52. The number of nitrogens with one attached hydrogen (secondary N) is 1. The monoisotopic (exact) mass is 324 g/mol. The van der Waals surface area contributed by atoms with Gasteiger partial charge in [0.15, 0.2) is 0 Å². The highest BCUT2D eigenvalue weighted by molar-refractivity contribution is 9.10. The predicted octanol–water partition coefficient (Wildman–Crippen LogP) is 3.13. The molecule has 0 aliphatic rings. The van der Waals surface area contributed by atoms with Gasteiger partial charge in [-0.25, -0.2) is 4.39 Å². The molecule has 2 rings (SSSR count). The summed E-state index contributed by atoms with van der Waals surface area (Å²) >= 11 is 3.24. The zero-order valence-electron chi connectivity index (χ0n) is 9.65. The minimum atomic E-state index is -0.798. The first-order chi connectivity index (χ1) is 8.99. The summed E-state index contributed by atoms with van der Waals surface area (Å²) in [4.78, 5) is 11.9. The third-order valence-corrected chi connectivity index (χ3v) is 2.97. The molecule has 0 bridgehead atoms. The Kier molecular flexibility index (Phi) is 3.71. The van der Waals surface area contributed by atoms with Gasteiger partial charge in [0.2, 0.25) is 0 Å². The van der Waals surface area contributed by atoms with Gasteiger partial charge in [-0.05, 0) is 30.3 Å². The number of halogens is 2. The number of phenols is 1. The van der Waals surface area contributed by atoms with Crippen LogP contribution in [0.1, 0.15) is 10.4 Å². The Balaban J connectivity index is 2.31. The molecule has 0 fully saturated rings. The molecule has 1 amide bonds. The van der Waals surface area contributed by atoms with Crippen LogP contribution in [0.2, 0.25) is 0 Å². The third kappa shape index (κ3) is 2.85. The molecule has 4 nitrogen and oxygen atoms in total. The van der Waals surface area contributed by atoms with E-state index in [0.717, 1.165) is 10.5 Å². The highest BCUT2D eigenvalue weighted by Gasteiger charge is 2.17. The van der Waals surface area contributed by atoms with E-state index in [0.29, 0.717) is 11.4 Å². The van der Waals surface area contributed by atoms with Crippen molar-refractivity contribution >= 4 is 33.2 Å². The van der Waals surface area contributed by atoms with Crippen LogP contribution < -0.4 is 11.1 Å². The number of hydrogen-bond acceptors (Lipinski definition) is 3. The van der Waals surface area contributed by atoms with Gasteiger partial charge in [-0.2, -0.15) is 0 Å². The van der Waals surface area contributed by atoms with Crippen molar-refractivity contribution in [1.29, 1.82) is 0 Å². The Morgan fingerprint density at radius 1 is 1.32 bits per heavy atom. The number of nitrogens with two attached hydrogens (primary N) is 1. The van der Waals surface area contributed by atoms with E-state index in [4.69, 9.17) is 5.73 Å². The fraction of sp³-hybridized carbons (Fsp3) is 0. The number of phenolic OH excluding ortho intramolecular Hbond substituents is 1. The van der Waals surface area contributed by atoms with Gasteiger partial charge in [-0.1, -0.05) is 22.0 Å². The molecule has 0 saturated carbocycles. The summed E-state index contributed by atoms with van der Waals surface area (Å²) in [5, 5.41) is 12.0. The van der Waals surface area contributed by atoms with E-state index in [2.05, 4.69) is 21.2 Å². The van der Waals surface area contributed by atoms with Crippen molar-refractivity contribution in [3.05, 3.63) is 52.3 Å². The van der Waals surface area contributed by atoms with Crippen molar-refractivity contribution in [2.24, 2.45) is 0 Å². The first kappa shape index (κ1) is 13.4. The van der Waals surface area contributed by atoms with Crippen LogP contribution in [-0.4, -0.2) is 11.0 Å². The van der Waals surface area contributed by atoms with E-state index in [1.165, 1.54) is 12.1 Å². The van der Waals surface area contributed by atoms with Gasteiger partial charge >= 0.3 is 0 Å². The van der Waals surface area contributed by atoms with E-state index in [1.807, 2.05) is 0 Å². The second-order valence-corrected chi connectivity index (χ2v) is 4.74. The second-order valence-electron chi connectivity index (χ2n) is 3.82. The van der Waals surface area contributed by atoms with E-state index >= 15 is 0 Å². The Morgan fingerprint density at radius 3 is 2.68 bits per heavy atom. The minimum absolute atomic E-state index is 0.332. The summed E-state index contributed by atoms with van der Waals surface area (Å²) in [5.41, 5.74) is 5.99. The normalized spacial score (nSPS) is 10.2. The molecule has 0 atom stereocenters. The lowest BCUT2D eigenvalue weighted by molar-refractivity contribution is 0.102. The van der Waals surface area contributed by atoms with Crippen LogP contribution in [0.3, 0.4) is 0 Å². The average molecular weight is 325 g/mol. The molecule has 0 radical (unpaired) electrons. The van der Waals surface area contributed by atoms with Gasteiger partial charge in [-0.3, -0.25) is 4.79 Å². The fourth-order valence-corrected chi connectivity index (χ4v) is 1.95. The van der Waals surface area contributed by atoms with Crippen LogP contribution in [0.4, 0.5) is 15.8 Å². The maximum atomic E-state index is 13.5. The molecule has 2 aromatic rings. The molecule has 0 saturated heterocycles. The predicted molar refractivity (Wildman–Crippen MR) is 74.6 cm³/mol. The molecule has 0 aliphatic carbocycles. The number of rotatable bonds is 2. The number of carbonyl (C=O) groups is 1. The van der Waals surface area contributed by atoms with Crippen molar-refractivity contribution in [2.45, 2.75) is 0 Å². The van der Waals surface area contributed by atoms with E-state index < -0.39 is 23.0 Å². The summed E-state index contributed by atoms with van der Waals surface area (Å²) in [6.07, 6.45) is 0. The molecule has 0 aliphatic heterocycles. The number of benzene rings is 2. The summed E-state index contributed by atoms with van der Waals surface area (Å²) in [7, 11) is 0. The molecular formula is C13H10BrFN2O2. The van der Waals surface area contributed by atoms with Crippen molar-refractivity contribution < 1.29 is 14.3 Å². The Labute approximate surface area is 117 Å². The van der Waals surface area contributed by atoms with Crippen molar-refractivity contribution in [2.75, 3.05) is 11.1 Å². The molecule has 2 aromatic carbocycles. The largest absolute Gasteiger partial charge is 0.507 e. The lowest BCUT2D eigenvalue weighted by atomic mass is 10.1. The molecule has 6 heteroatoms. The highest BCUT2D eigenvalue weighted by atomic mass is 79.9. The van der Waals surface area contributed by atoms with Crippen molar-refractivity contribution in [1.82, 2.24) is 0 Å². The SMILES string of the molecule is Nc1cc(Br)ccc1NC(=O)c1c(O)cccc1F. The van der Waals surface area contributed by atoms with Crippen LogP contribution in [0.25, 0.3) is 0 Å². The quantitative estimate of drug-likeness (QED) is 0.743. The lowest BCUT2D eigenvalue weighted by Crippen LogP contribution is -2.15. The highest BCUT2D eigenvalue weighted by Crippen LogP contribution is 2.26. The van der Waals surface area contributed by atoms with Gasteiger partial charge in [0.05, 0.1) is 11.4 Å². The molecule has 19 heavy (non-hydrogen) atoms. The number of nitrogen functional groups attached to an aromatic ring is 1. The Morgan fingerprint density at radius 2 is 2.05 bits per heavy atom. The second kappa shape index (κ2) is 5.27. The number of carbonyl (C=O) groups excluding carboxylic acids is 1. The van der Waals surface area contributed by atoms with Gasteiger partial charge in [0.1, 0.15) is 17.1 Å². The number of hydrogen-bond donors (Lipinski definition) is 3. The average Bonchev–Trinajstić information content (AvgIpc) is 2.32. The van der Waals surface area contributed by atoms with Gasteiger partial charge in [-0.15, -0.1) is 0 Å². The molecule has 0 heterocycles. The number of amides is 1. The smallest absolute Gasteiger partial charge is 0.262 e. The van der Waals surface area contributed by atoms with Crippen LogP contribution in [-0.2, 0) is 0 Å². The standard InChI is InChI=1S/C13H10BrFN2O2/c14-7-4-5-10(9(16)6-7)17-13(19)12-8(15)2-1-3-11(12)18/h1-6,18H,16H2,(H,17,19). The van der Waals surface area contributed by atoms with E-state index in [1.54, 1.807) is 18.2 Å². The number of anilines is 2. The first-order valence-electron chi connectivity index (χ1n) is 5.33. The molecule has 98 valence electrons. The van der Waals surface area contributed by atoms with Crippen molar-refractivity contribution in [3.63, 3.8) is 0 Å². The van der Waals surface area contributed by atoms with Crippen LogP contribution in [0.15, 0.2) is 40.9 Å². The molecule has 0 unspecified atom stereocenters. The van der Waals surface area contributed by atoms with Gasteiger partial charge in [0, 0.05) is 4.47 Å². The minimum Gasteiger partial charge on any atom is -0.507 e. The van der Waals surface area contributed by atoms with Crippen molar-refractivity contribution in [3.8, 4) is 5.75 Å². The summed E-state index contributed by atoms with van der Waals surface area (Å²) in [5.74, 6) is -1.98. The van der Waals surface area contributed by atoms with E-state index in [9.17, 15) is 14.3 Å². The maximum Gasteiger partial charge on any atom is 0.262 e. The zero-order chi connectivity index (χ0) is 14.0. The van der Waals surface area contributed by atoms with Crippen LogP contribution in [0.5, 0.6) is 5.75 Å². The molecular weight excluding hydrogens is 315 g/mol. The lowest BCUT2D eigenvalue weighted by Gasteiger charge is -2.10. The Hall–Kier alpha value is -2.08. The van der Waals surface area contributed by atoms with Crippen LogP contribution >= 0.6 is 15.9 Å². The molecule has 0 spiro atoms.